The predicted octanol–water partition coefficient (Wildman–Crippen LogP) is 5.03. The number of hydrogen-bond acceptors (Lipinski definition) is 6. The lowest BCUT2D eigenvalue weighted by atomic mass is 9.80. The van der Waals surface area contributed by atoms with Gasteiger partial charge in [-0.05, 0) is 47.2 Å². The van der Waals surface area contributed by atoms with Gasteiger partial charge in [0.15, 0.2) is 0 Å². The van der Waals surface area contributed by atoms with Crippen LogP contribution in [0.5, 0.6) is 0 Å². The number of furan rings is 1. The SMILES string of the molecule is CCCCC(C)(C)c1ccc(CN(Cc2cccc(NCC(=O)O)n2)S(=O)(=O)c2ccco2)cc1. The highest BCUT2D eigenvalue weighted by molar-refractivity contribution is 7.88. The monoisotopic (exact) mass is 499 g/mol. The van der Waals surface area contributed by atoms with Gasteiger partial charge in [0.25, 0.3) is 10.0 Å². The van der Waals surface area contributed by atoms with Gasteiger partial charge in [-0.25, -0.2) is 13.4 Å². The quantitative estimate of drug-likeness (QED) is 0.339. The molecule has 188 valence electrons. The summed E-state index contributed by atoms with van der Waals surface area (Å²) in [6, 6.07) is 16.1. The van der Waals surface area contributed by atoms with Crippen molar-refractivity contribution >= 4 is 21.8 Å². The molecule has 0 saturated carbocycles. The van der Waals surface area contributed by atoms with Crippen molar-refractivity contribution in [2.45, 2.75) is 63.6 Å². The molecule has 0 fully saturated rings. The number of unbranched alkanes of at least 4 members (excludes halogenated alkanes) is 1. The zero-order valence-corrected chi connectivity index (χ0v) is 21.2. The molecule has 0 saturated heterocycles. The van der Waals surface area contributed by atoms with Crippen LogP contribution in [0.1, 0.15) is 56.9 Å². The highest BCUT2D eigenvalue weighted by Gasteiger charge is 2.28. The zero-order valence-electron chi connectivity index (χ0n) is 20.4. The summed E-state index contributed by atoms with van der Waals surface area (Å²) in [6.45, 7) is 6.47. The number of carboxylic acids is 1. The lowest BCUT2D eigenvalue weighted by Gasteiger charge is -2.26. The zero-order chi connectivity index (χ0) is 25.5. The van der Waals surface area contributed by atoms with Crippen molar-refractivity contribution in [1.82, 2.24) is 9.29 Å². The Morgan fingerprint density at radius 1 is 1.09 bits per heavy atom. The summed E-state index contributed by atoms with van der Waals surface area (Å²) < 4.78 is 33.2. The first kappa shape index (κ1) is 26.4. The molecule has 0 unspecified atom stereocenters. The summed E-state index contributed by atoms with van der Waals surface area (Å²) in [5.41, 5.74) is 2.58. The van der Waals surface area contributed by atoms with E-state index in [1.54, 1.807) is 18.2 Å². The fraction of sp³-hybridized carbons (Fsp3) is 0.385. The molecule has 3 aromatic rings. The van der Waals surface area contributed by atoms with Crippen LogP contribution in [0.15, 0.2) is 70.4 Å². The van der Waals surface area contributed by atoms with E-state index in [4.69, 9.17) is 9.52 Å². The van der Waals surface area contributed by atoms with E-state index in [1.165, 1.54) is 28.3 Å². The van der Waals surface area contributed by atoms with Crippen LogP contribution in [0.25, 0.3) is 0 Å². The van der Waals surface area contributed by atoms with Crippen molar-refractivity contribution < 1.29 is 22.7 Å². The van der Waals surface area contributed by atoms with Gasteiger partial charge in [0.2, 0.25) is 5.09 Å². The molecule has 35 heavy (non-hydrogen) atoms. The van der Waals surface area contributed by atoms with E-state index >= 15 is 0 Å². The van der Waals surface area contributed by atoms with E-state index in [9.17, 15) is 13.2 Å². The molecular weight excluding hydrogens is 466 g/mol. The molecule has 8 nitrogen and oxygen atoms in total. The fourth-order valence-corrected chi connectivity index (χ4v) is 5.11. The van der Waals surface area contributed by atoms with Crippen molar-refractivity contribution in [3.05, 3.63) is 77.7 Å². The summed E-state index contributed by atoms with van der Waals surface area (Å²) in [7, 11) is -3.93. The van der Waals surface area contributed by atoms with Crippen LogP contribution in [0.3, 0.4) is 0 Å². The maximum Gasteiger partial charge on any atom is 0.322 e. The van der Waals surface area contributed by atoms with Crippen molar-refractivity contribution in [1.29, 1.82) is 0 Å². The number of sulfonamides is 1. The number of carbonyl (C=O) groups is 1. The third-order valence-corrected chi connectivity index (χ3v) is 7.58. The number of nitrogens with zero attached hydrogens (tertiary/aromatic N) is 2. The summed E-state index contributed by atoms with van der Waals surface area (Å²) in [5.74, 6) is -0.653. The summed E-state index contributed by atoms with van der Waals surface area (Å²) in [5, 5.41) is 11.5. The van der Waals surface area contributed by atoms with Crippen LogP contribution < -0.4 is 5.32 Å². The Bertz CT molecular complexity index is 1210. The second-order valence-electron chi connectivity index (χ2n) is 9.15. The highest BCUT2D eigenvalue weighted by Crippen LogP contribution is 2.30. The number of hydrogen-bond donors (Lipinski definition) is 2. The molecule has 2 N–H and O–H groups in total. The van der Waals surface area contributed by atoms with Crippen LogP contribution in [0.4, 0.5) is 5.82 Å². The molecule has 0 aliphatic carbocycles. The second-order valence-corrected chi connectivity index (χ2v) is 11.0. The van der Waals surface area contributed by atoms with Crippen LogP contribution in [0.2, 0.25) is 0 Å². The van der Waals surface area contributed by atoms with Gasteiger partial charge in [-0.3, -0.25) is 4.79 Å². The molecule has 0 atom stereocenters. The first-order valence-electron chi connectivity index (χ1n) is 11.7. The molecule has 2 heterocycles. The number of anilines is 1. The average molecular weight is 500 g/mol. The van der Waals surface area contributed by atoms with Gasteiger partial charge >= 0.3 is 5.97 Å². The van der Waals surface area contributed by atoms with E-state index in [0.29, 0.717) is 11.5 Å². The smallest absolute Gasteiger partial charge is 0.322 e. The molecular formula is C26H33N3O5S. The largest absolute Gasteiger partial charge is 0.480 e. The predicted molar refractivity (Wildman–Crippen MR) is 134 cm³/mol. The van der Waals surface area contributed by atoms with Gasteiger partial charge in [-0.2, -0.15) is 4.31 Å². The van der Waals surface area contributed by atoms with Crippen molar-refractivity contribution in [2.24, 2.45) is 0 Å². The molecule has 0 aliphatic rings. The number of aromatic nitrogens is 1. The van der Waals surface area contributed by atoms with E-state index in [-0.39, 0.29) is 30.1 Å². The Balaban J connectivity index is 1.85. The molecule has 2 aromatic heterocycles. The molecule has 1 aromatic carbocycles. The molecule has 0 radical (unpaired) electrons. The summed E-state index contributed by atoms with van der Waals surface area (Å²) >= 11 is 0. The van der Waals surface area contributed by atoms with Gasteiger partial charge in [-0.1, -0.05) is 63.9 Å². The maximum atomic E-state index is 13.4. The van der Waals surface area contributed by atoms with Crippen molar-refractivity contribution in [3.8, 4) is 0 Å². The summed E-state index contributed by atoms with van der Waals surface area (Å²) in [6.07, 6.45) is 4.70. The lowest BCUT2D eigenvalue weighted by molar-refractivity contribution is -0.134. The normalized spacial score (nSPS) is 12.1. The number of aliphatic carboxylic acids is 1. The minimum absolute atomic E-state index is 0.00459. The number of benzene rings is 1. The Hall–Kier alpha value is -3.17. The van der Waals surface area contributed by atoms with E-state index in [2.05, 4.69) is 43.2 Å². The number of carboxylic acid groups (broad SMARTS) is 1. The van der Waals surface area contributed by atoms with E-state index in [0.717, 1.165) is 24.8 Å². The second kappa shape index (κ2) is 11.5. The molecule has 0 aliphatic heterocycles. The Labute approximate surface area is 207 Å². The van der Waals surface area contributed by atoms with Crippen LogP contribution >= 0.6 is 0 Å². The third kappa shape index (κ3) is 7.16. The first-order valence-corrected chi connectivity index (χ1v) is 13.1. The lowest BCUT2D eigenvalue weighted by Crippen LogP contribution is -2.30. The number of pyridine rings is 1. The van der Waals surface area contributed by atoms with Gasteiger partial charge in [0.05, 0.1) is 18.5 Å². The Morgan fingerprint density at radius 2 is 1.83 bits per heavy atom. The van der Waals surface area contributed by atoms with Crippen molar-refractivity contribution in [3.63, 3.8) is 0 Å². The van der Waals surface area contributed by atoms with Gasteiger partial charge < -0.3 is 14.8 Å². The topological polar surface area (TPSA) is 113 Å². The number of rotatable bonds is 13. The standard InChI is InChI=1S/C26H33N3O5S/c1-4-5-15-26(2,3)21-13-11-20(12-14-21)18-29(35(32,33)25-10-7-16-34-25)19-22-8-6-9-23(28-22)27-17-24(30)31/h6-14,16H,4-5,15,17-19H2,1-3H3,(H,27,28)(H,30,31). The molecule has 3 rings (SSSR count). The minimum Gasteiger partial charge on any atom is -0.480 e. The molecule has 9 heteroatoms. The van der Waals surface area contributed by atoms with E-state index in [1.807, 2.05) is 12.1 Å². The van der Waals surface area contributed by atoms with E-state index < -0.39 is 16.0 Å². The molecule has 0 spiro atoms. The van der Waals surface area contributed by atoms with Gasteiger partial charge in [-0.15, -0.1) is 0 Å². The van der Waals surface area contributed by atoms with Crippen LogP contribution in [-0.2, 0) is 33.3 Å². The van der Waals surface area contributed by atoms with Gasteiger partial charge in [0, 0.05) is 6.54 Å². The fourth-order valence-electron chi connectivity index (χ4n) is 3.80. The van der Waals surface area contributed by atoms with Crippen LogP contribution in [-0.4, -0.2) is 35.3 Å². The first-order chi connectivity index (χ1) is 16.6. The average Bonchev–Trinajstić information content (AvgIpc) is 3.38. The van der Waals surface area contributed by atoms with Crippen LogP contribution in [0, 0.1) is 0 Å². The van der Waals surface area contributed by atoms with Gasteiger partial charge in [0.1, 0.15) is 12.4 Å². The summed E-state index contributed by atoms with van der Waals surface area (Å²) in [4.78, 5) is 15.2. The Morgan fingerprint density at radius 3 is 2.46 bits per heavy atom. The molecule has 0 bridgehead atoms. The van der Waals surface area contributed by atoms with Crippen molar-refractivity contribution in [2.75, 3.05) is 11.9 Å². The Kier molecular flexibility index (Phi) is 8.69. The third-order valence-electron chi connectivity index (χ3n) is 5.90. The highest BCUT2D eigenvalue weighted by atomic mass is 32.2. The number of nitrogens with one attached hydrogen (secondary N) is 1. The maximum absolute atomic E-state index is 13.4. The molecule has 0 amide bonds. The minimum atomic E-state index is -3.93.